The molecule has 7 heteroatoms. The zero-order chi connectivity index (χ0) is 13.6. The lowest BCUT2D eigenvalue weighted by Crippen LogP contribution is -2.71. The number of amides is 1. The summed E-state index contributed by atoms with van der Waals surface area (Å²) in [6.45, 7) is 9.40. The van der Waals surface area contributed by atoms with Gasteiger partial charge in [-0.3, -0.25) is 4.79 Å². The Balaban J connectivity index is 2.78. The first kappa shape index (κ1) is 14.5. The summed E-state index contributed by atoms with van der Waals surface area (Å²) in [5.74, 6) is -0.669. The van der Waals surface area contributed by atoms with Crippen molar-refractivity contribution in [3.8, 4) is 0 Å². The number of rotatable bonds is 2. The Bertz CT molecular complexity index is 322. The smallest absolute Gasteiger partial charge is 0.403 e. The first-order valence-electron chi connectivity index (χ1n) is 5.41. The van der Waals surface area contributed by atoms with Crippen molar-refractivity contribution in [2.24, 2.45) is 0 Å². The zero-order valence-electron chi connectivity index (χ0n) is 10.6. The monoisotopic (exact) mass is 269 g/mol. The van der Waals surface area contributed by atoms with Crippen molar-refractivity contribution in [2.75, 3.05) is 0 Å². The van der Waals surface area contributed by atoms with Crippen molar-refractivity contribution in [1.82, 2.24) is 5.32 Å². The minimum Gasteiger partial charge on any atom is -0.403 e. The predicted molar refractivity (Wildman–Crippen MR) is 60.1 cm³/mol. The maximum atomic E-state index is 12.5. The van der Waals surface area contributed by atoms with Gasteiger partial charge in [0.05, 0.1) is 0 Å². The summed E-state index contributed by atoms with van der Waals surface area (Å²) in [4.78, 5) is 11.2. The van der Waals surface area contributed by atoms with E-state index in [0.717, 1.165) is 0 Å². The van der Waals surface area contributed by atoms with Crippen molar-refractivity contribution in [2.45, 2.75) is 57.2 Å². The lowest BCUT2D eigenvalue weighted by Gasteiger charge is -2.45. The van der Waals surface area contributed by atoms with Crippen LogP contribution in [-0.4, -0.2) is 32.5 Å². The molecule has 1 aliphatic rings. The summed E-state index contributed by atoms with van der Waals surface area (Å²) in [6.07, 6.45) is -5.82. The average Bonchev–Trinajstić information content (AvgIpc) is 2.07. The van der Waals surface area contributed by atoms with Gasteiger partial charge in [0, 0.05) is 0 Å². The normalized spacial score (nSPS) is 26.5. The summed E-state index contributed by atoms with van der Waals surface area (Å²) in [7, 11) is -2.36. The number of nitrogens with one attached hydrogen (secondary N) is 1. The highest BCUT2D eigenvalue weighted by molar-refractivity contribution is 6.74. The van der Waals surface area contributed by atoms with Crippen LogP contribution in [0.5, 0.6) is 0 Å². The molecule has 1 heterocycles. The van der Waals surface area contributed by atoms with Crippen LogP contribution in [0.1, 0.15) is 20.8 Å². The Hall–Kier alpha value is -0.563. The van der Waals surface area contributed by atoms with Crippen LogP contribution in [-0.2, 0) is 9.22 Å². The maximum absolute atomic E-state index is 12.5. The number of carbonyl (C=O) groups excluding carboxylic acids is 1. The molecule has 1 fully saturated rings. The van der Waals surface area contributed by atoms with Gasteiger partial charge in [-0.2, -0.15) is 13.2 Å². The van der Waals surface area contributed by atoms with Gasteiger partial charge < -0.3 is 9.74 Å². The predicted octanol–water partition coefficient (Wildman–Crippen LogP) is 2.44. The largest absolute Gasteiger partial charge is 0.411 e. The highest BCUT2D eigenvalue weighted by Crippen LogP contribution is 2.40. The second-order valence-electron chi connectivity index (χ2n) is 5.83. The Morgan fingerprint density at radius 1 is 1.24 bits per heavy atom. The second kappa shape index (κ2) is 3.98. The SMILES string of the molecule is CC(C)(C)[Si](C)(C)O[C@H]1C(=O)N[C@@H]1C(F)(F)F. The van der Waals surface area contributed by atoms with Crippen molar-refractivity contribution in [3.63, 3.8) is 0 Å². The van der Waals surface area contributed by atoms with E-state index < -0.39 is 32.5 Å². The van der Waals surface area contributed by atoms with E-state index in [2.05, 4.69) is 0 Å². The molecular weight excluding hydrogens is 251 g/mol. The zero-order valence-corrected chi connectivity index (χ0v) is 11.6. The molecule has 0 aromatic carbocycles. The Labute approximate surface area is 99.8 Å². The molecule has 100 valence electrons. The third kappa shape index (κ3) is 2.82. The highest BCUT2D eigenvalue weighted by atomic mass is 28.4. The van der Waals surface area contributed by atoms with E-state index in [4.69, 9.17) is 4.43 Å². The van der Waals surface area contributed by atoms with Gasteiger partial charge in [0.2, 0.25) is 0 Å². The molecule has 17 heavy (non-hydrogen) atoms. The van der Waals surface area contributed by atoms with Gasteiger partial charge in [-0.25, -0.2) is 0 Å². The highest BCUT2D eigenvalue weighted by Gasteiger charge is 2.58. The third-order valence-corrected chi connectivity index (χ3v) is 7.89. The van der Waals surface area contributed by atoms with Gasteiger partial charge in [-0.1, -0.05) is 20.8 Å². The molecular formula is C10H18F3NO2Si. The maximum Gasteiger partial charge on any atom is 0.411 e. The van der Waals surface area contributed by atoms with Crippen molar-refractivity contribution in [1.29, 1.82) is 0 Å². The lowest BCUT2D eigenvalue weighted by atomic mass is 10.0. The minimum atomic E-state index is -4.44. The van der Waals surface area contributed by atoms with E-state index in [1.54, 1.807) is 0 Å². The van der Waals surface area contributed by atoms with Crippen LogP contribution in [0.3, 0.4) is 0 Å². The van der Waals surface area contributed by atoms with Crippen molar-refractivity contribution >= 4 is 14.2 Å². The molecule has 1 rings (SSSR count). The van der Waals surface area contributed by atoms with E-state index in [9.17, 15) is 18.0 Å². The Morgan fingerprint density at radius 3 is 2.00 bits per heavy atom. The molecule has 0 bridgehead atoms. The molecule has 0 radical (unpaired) electrons. The van der Waals surface area contributed by atoms with Crippen molar-refractivity contribution < 1.29 is 22.4 Å². The second-order valence-corrected chi connectivity index (χ2v) is 10.6. The molecule has 3 nitrogen and oxygen atoms in total. The van der Waals surface area contributed by atoms with E-state index in [1.165, 1.54) is 0 Å². The number of β-lactam (4-membered cyclic amide) rings is 1. The molecule has 1 N–H and O–H groups in total. The van der Waals surface area contributed by atoms with Gasteiger partial charge in [0.15, 0.2) is 20.5 Å². The van der Waals surface area contributed by atoms with Gasteiger partial charge in [0.1, 0.15) is 0 Å². The number of hydrogen-bond acceptors (Lipinski definition) is 2. The average molecular weight is 269 g/mol. The molecule has 1 amide bonds. The van der Waals surface area contributed by atoms with Crippen LogP contribution >= 0.6 is 0 Å². The Morgan fingerprint density at radius 2 is 1.71 bits per heavy atom. The molecule has 0 saturated carbocycles. The third-order valence-electron chi connectivity index (χ3n) is 3.44. The van der Waals surface area contributed by atoms with Crippen LogP contribution in [0.25, 0.3) is 0 Å². The first-order chi connectivity index (χ1) is 7.36. The van der Waals surface area contributed by atoms with Crippen LogP contribution in [0.2, 0.25) is 18.1 Å². The van der Waals surface area contributed by atoms with Gasteiger partial charge in [-0.05, 0) is 18.1 Å². The van der Waals surface area contributed by atoms with Crippen LogP contribution in [0.4, 0.5) is 13.2 Å². The fraction of sp³-hybridized carbons (Fsp3) is 0.900. The quantitative estimate of drug-likeness (QED) is 0.617. The number of carbonyl (C=O) groups is 1. The molecule has 0 aliphatic carbocycles. The summed E-state index contributed by atoms with van der Waals surface area (Å²) in [6, 6.07) is -1.86. The van der Waals surface area contributed by atoms with E-state index >= 15 is 0 Å². The summed E-state index contributed by atoms with van der Waals surface area (Å²) < 4.78 is 43.0. The molecule has 1 saturated heterocycles. The van der Waals surface area contributed by atoms with Gasteiger partial charge in [-0.15, -0.1) is 0 Å². The summed E-state index contributed by atoms with van der Waals surface area (Å²) >= 11 is 0. The molecule has 0 aromatic rings. The van der Waals surface area contributed by atoms with E-state index in [0.29, 0.717) is 0 Å². The number of halogens is 3. The van der Waals surface area contributed by atoms with E-state index in [-0.39, 0.29) is 5.04 Å². The molecule has 0 aromatic heterocycles. The fourth-order valence-corrected chi connectivity index (χ4v) is 2.47. The number of alkyl halides is 3. The summed E-state index contributed by atoms with van der Waals surface area (Å²) in [5.41, 5.74) is 0. The van der Waals surface area contributed by atoms with Crippen LogP contribution < -0.4 is 5.32 Å². The molecule has 0 unspecified atom stereocenters. The Kier molecular flexibility index (Phi) is 3.39. The first-order valence-corrected chi connectivity index (χ1v) is 8.32. The van der Waals surface area contributed by atoms with Crippen LogP contribution in [0, 0.1) is 0 Å². The van der Waals surface area contributed by atoms with Crippen molar-refractivity contribution in [3.05, 3.63) is 0 Å². The molecule has 2 atom stereocenters. The lowest BCUT2D eigenvalue weighted by molar-refractivity contribution is -0.202. The van der Waals surface area contributed by atoms with Gasteiger partial charge in [0.25, 0.3) is 5.91 Å². The minimum absolute atomic E-state index is 0.223. The topological polar surface area (TPSA) is 38.3 Å². The van der Waals surface area contributed by atoms with Crippen LogP contribution in [0.15, 0.2) is 0 Å². The molecule has 0 spiro atoms. The standard InChI is InChI=1S/C10H18F3NO2Si/c1-9(2,3)17(4,5)16-6-7(10(11,12)13)14-8(6)15/h6-7H,1-5H3,(H,14,15)/t6-,7+/m1/s1. The summed E-state index contributed by atoms with van der Waals surface area (Å²) in [5, 5.41) is 1.62. The fourth-order valence-electron chi connectivity index (χ4n) is 1.24. The van der Waals surface area contributed by atoms with E-state index in [1.807, 2.05) is 39.2 Å². The number of hydrogen-bond donors (Lipinski definition) is 1. The molecule has 1 aliphatic heterocycles. The van der Waals surface area contributed by atoms with Gasteiger partial charge >= 0.3 is 6.18 Å².